The third-order valence-corrected chi connectivity index (χ3v) is 3.12. The van der Waals surface area contributed by atoms with E-state index in [1.165, 1.54) is 11.3 Å². The molecule has 1 aliphatic rings. The van der Waals surface area contributed by atoms with Crippen molar-refractivity contribution in [2.24, 2.45) is 0 Å². The van der Waals surface area contributed by atoms with Gasteiger partial charge >= 0.3 is 0 Å². The molecule has 1 aliphatic heterocycles. The molecule has 0 radical (unpaired) electrons. The number of rotatable bonds is 1. The summed E-state index contributed by atoms with van der Waals surface area (Å²) in [6.07, 6.45) is 0. The van der Waals surface area contributed by atoms with Crippen molar-refractivity contribution in [3.05, 3.63) is 29.8 Å². The fraction of sp³-hybridized carbons (Fsp3) is 0.455. The van der Waals surface area contributed by atoms with Gasteiger partial charge in [0.05, 0.1) is 5.54 Å². The lowest BCUT2D eigenvalue weighted by molar-refractivity contribution is 0.198. The van der Waals surface area contributed by atoms with E-state index in [1.807, 2.05) is 0 Å². The zero-order chi connectivity index (χ0) is 9.47. The Morgan fingerprint density at radius 1 is 1.31 bits per heavy atom. The highest BCUT2D eigenvalue weighted by Gasteiger charge is 2.35. The molecular formula is C11H16N2. The number of nitrogens with one attached hydrogen (secondary N) is 1. The highest BCUT2D eigenvalue weighted by molar-refractivity contribution is 5.59. The smallest absolute Gasteiger partial charge is 0.0621 e. The molecule has 1 N–H and O–H groups in total. The lowest BCUT2D eigenvalue weighted by Gasteiger charge is -2.32. The maximum atomic E-state index is 3.43. The molecule has 1 aromatic carbocycles. The fourth-order valence-corrected chi connectivity index (χ4v) is 1.87. The molecule has 0 amide bonds. The Hall–Kier alpha value is -1.02. The van der Waals surface area contributed by atoms with Crippen molar-refractivity contribution in [2.75, 3.05) is 26.0 Å². The number of para-hydroxylation sites is 1. The second-order valence-corrected chi connectivity index (χ2v) is 4.07. The maximum Gasteiger partial charge on any atom is 0.0621 e. The van der Waals surface area contributed by atoms with E-state index in [-0.39, 0.29) is 5.54 Å². The summed E-state index contributed by atoms with van der Waals surface area (Å²) in [5, 5.41) is 3.43. The number of fused-ring (bicyclic) bond motifs is 1. The van der Waals surface area contributed by atoms with Gasteiger partial charge in [-0.3, -0.25) is 4.90 Å². The average molecular weight is 176 g/mol. The van der Waals surface area contributed by atoms with Crippen LogP contribution in [-0.2, 0) is 5.54 Å². The second kappa shape index (κ2) is 2.74. The van der Waals surface area contributed by atoms with Crippen LogP contribution in [0.15, 0.2) is 24.3 Å². The fourth-order valence-electron chi connectivity index (χ4n) is 1.87. The molecule has 0 saturated carbocycles. The van der Waals surface area contributed by atoms with Gasteiger partial charge in [0.1, 0.15) is 0 Å². The van der Waals surface area contributed by atoms with Crippen LogP contribution in [-0.4, -0.2) is 25.5 Å². The molecule has 1 heterocycles. The molecule has 1 atom stereocenters. The van der Waals surface area contributed by atoms with Crippen LogP contribution in [0.4, 0.5) is 5.69 Å². The predicted molar refractivity (Wildman–Crippen MR) is 56.0 cm³/mol. The first-order valence-corrected chi connectivity index (χ1v) is 4.65. The Morgan fingerprint density at radius 3 is 2.69 bits per heavy atom. The summed E-state index contributed by atoms with van der Waals surface area (Å²) in [7, 11) is 4.26. The summed E-state index contributed by atoms with van der Waals surface area (Å²) in [6, 6.07) is 8.53. The van der Waals surface area contributed by atoms with Gasteiger partial charge in [-0.25, -0.2) is 0 Å². The van der Waals surface area contributed by atoms with Gasteiger partial charge < -0.3 is 5.32 Å². The number of anilines is 1. The van der Waals surface area contributed by atoms with Crippen LogP contribution in [0.3, 0.4) is 0 Å². The van der Waals surface area contributed by atoms with Crippen molar-refractivity contribution in [3.8, 4) is 0 Å². The van der Waals surface area contributed by atoms with Crippen LogP contribution in [0, 0.1) is 0 Å². The van der Waals surface area contributed by atoms with Gasteiger partial charge in [0.25, 0.3) is 0 Å². The Morgan fingerprint density at radius 2 is 2.00 bits per heavy atom. The quantitative estimate of drug-likeness (QED) is 0.703. The van der Waals surface area contributed by atoms with Gasteiger partial charge in [0.15, 0.2) is 0 Å². The molecular weight excluding hydrogens is 160 g/mol. The topological polar surface area (TPSA) is 15.3 Å². The summed E-state index contributed by atoms with van der Waals surface area (Å²) in [4.78, 5) is 2.27. The summed E-state index contributed by atoms with van der Waals surface area (Å²) >= 11 is 0. The largest absolute Gasteiger partial charge is 0.383 e. The standard InChI is InChI=1S/C11H16N2/c1-11(13(2)3)8-12-10-7-5-4-6-9(10)11/h4-7,12H,8H2,1-3H3. The third kappa shape index (κ3) is 1.13. The van der Waals surface area contributed by atoms with Gasteiger partial charge in [-0.05, 0) is 32.6 Å². The van der Waals surface area contributed by atoms with Crippen molar-refractivity contribution < 1.29 is 0 Å². The first kappa shape index (κ1) is 8.57. The molecule has 1 aromatic rings. The number of nitrogens with zero attached hydrogens (tertiary/aromatic N) is 1. The van der Waals surface area contributed by atoms with Crippen LogP contribution in [0.2, 0.25) is 0 Å². The first-order valence-electron chi connectivity index (χ1n) is 4.65. The van der Waals surface area contributed by atoms with Crippen LogP contribution in [0.5, 0.6) is 0 Å². The summed E-state index contributed by atoms with van der Waals surface area (Å²) in [5.74, 6) is 0. The number of likely N-dealkylation sites (N-methyl/N-ethyl adjacent to an activating group) is 1. The van der Waals surface area contributed by atoms with Gasteiger partial charge in [0, 0.05) is 12.2 Å². The average Bonchev–Trinajstić information content (AvgIpc) is 2.47. The summed E-state index contributed by atoms with van der Waals surface area (Å²) < 4.78 is 0. The molecule has 0 saturated heterocycles. The normalized spacial score (nSPS) is 25.8. The number of hydrogen-bond donors (Lipinski definition) is 1. The monoisotopic (exact) mass is 176 g/mol. The zero-order valence-electron chi connectivity index (χ0n) is 8.46. The van der Waals surface area contributed by atoms with E-state index >= 15 is 0 Å². The van der Waals surface area contributed by atoms with Crippen LogP contribution >= 0.6 is 0 Å². The highest BCUT2D eigenvalue weighted by atomic mass is 15.2. The van der Waals surface area contributed by atoms with Crippen molar-refractivity contribution in [3.63, 3.8) is 0 Å². The molecule has 2 nitrogen and oxygen atoms in total. The number of hydrogen-bond acceptors (Lipinski definition) is 2. The van der Waals surface area contributed by atoms with E-state index in [4.69, 9.17) is 0 Å². The zero-order valence-corrected chi connectivity index (χ0v) is 8.46. The van der Waals surface area contributed by atoms with Crippen molar-refractivity contribution in [1.29, 1.82) is 0 Å². The van der Waals surface area contributed by atoms with E-state index < -0.39 is 0 Å². The molecule has 0 aromatic heterocycles. The SMILES string of the molecule is CN(C)C1(C)CNc2ccccc21. The van der Waals surface area contributed by atoms with Gasteiger partial charge in [-0.15, -0.1) is 0 Å². The molecule has 1 unspecified atom stereocenters. The molecule has 0 fully saturated rings. The summed E-state index contributed by atoms with van der Waals surface area (Å²) in [5.41, 5.74) is 2.83. The Bertz CT molecular complexity index is 320. The Kier molecular flexibility index (Phi) is 1.81. The van der Waals surface area contributed by atoms with E-state index in [0.717, 1.165) is 6.54 Å². The maximum absolute atomic E-state index is 3.43. The first-order chi connectivity index (χ1) is 6.14. The summed E-state index contributed by atoms with van der Waals surface area (Å²) in [6.45, 7) is 3.27. The van der Waals surface area contributed by atoms with Gasteiger partial charge in [0.2, 0.25) is 0 Å². The van der Waals surface area contributed by atoms with E-state index in [1.54, 1.807) is 0 Å². The molecule has 0 aliphatic carbocycles. The lowest BCUT2D eigenvalue weighted by Crippen LogP contribution is -2.40. The molecule has 13 heavy (non-hydrogen) atoms. The minimum absolute atomic E-state index is 0.149. The van der Waals surface area contributed by atoms with Gasteiger partial charge in [-0.1, -0.05) is 18.2 Å². The van der Waals surface area contributed by atoms with Crippen LogP contribution < -0.4 is 5.32 Å². The second-order valence-electron chi connectivity index (χ2n) is 4.07. The lowest BCUT2D eigenvalue weighted by atomic mass is 9.93. The molecule has 0 spiro atoms. The van der Waals surface area contributed by atoms with Crippen LogP contribution in [0.1, 0.15) is 12.5 Å². The van der Waals surface area contributed by atoms with E-state index in [2.05, 4.69) is 55.5 Å². The third-order valence-electron chi connectivity index (χ3n) is 3.12. The van der Waals surface area contributed by atoms with Crippen molar-refractivity contribution in [1.82, 2.24) is 4.90 Å². The highest BCUT2D eigenvalue weighted by Crippen LogP contribution is 2.37. The molecule has 2 heteroatoms. The van der Waals surface area contributed by atoms with E-state index in [9.17, 15) is 0 Å². The van der Waals surface area contributed by atoms with Gasteiger partial charge in [-0.2, -0.15) is 0 Å². The van der Waals surface area contributed by atoms with Crippen molar-refractivity contribution in [2.45, 2.75) is 12.5 Å². The molecule has 0 bridgehead atoms. The van der Waals surface area contributed by atoms with Crippen molar-refractivity contribution >= 4 is 5.69 Å². The molecule has 70 valence electrons. The Labute approximate surface area is 79.6 Å². The van der Waals surface area contributed by atoms with E-state index in [0.29, 0.717) is 0 Å². The van der Waals surface area contributed by atoms with Crippen LogP contribution in [0.25, 0.3) is 0 Å². The Balaban J connectivity index is 2.49. The number of benzene rings is 1. The minimum Gasteiger partial charge on any atom is -0.383 e. The minimum atomic E-state index is 0.149. The molecule has 2 rings (SSSR count). The predicted octanol–water partition coefficient (Wildman–Crippen LogP) is 1.89.